The predicted molar refractivity (Wildman–Crippen MR) is 101 cm³/mol. The maximum atomic E-state index is 12.0. The van der Waals surface area contributed by atoms with E-state index in [1.54, 1.807) is 6.07 Å². The number of urea groups is 1. The summed E-state index contributed by atoms with van der Waals surface area (Å²) in [6, 6.07) is 11.2. The summed E-state index contributed by atoms with van der Waals surface area (Å²) >= 11 is 0. The lowest BCUT2D eigenvalue weighted by molar-refractivity contribution is 0.247. The number of anilines is 1. The molecule has 0 radical (unpaired) electrons. The van der Waals surface area contributed by atoms with Crippen molar-refractivity contribution in [3.8, 4) is 11.5 Å². The van der Waals surface area contributed by atoms with Gasteiger partial charge >= 0.3 is 6.03 Å². The van der Waals surface area contributed by atoms with E-state index in [0.717, 1.165) is 11.3 Å². The van der Waals surface area contributed by atoms with E-state index in [1.165, 1.54) is 11.1 Å². The van der Waals surface area contributed by atoms with Gasteiger partial charge in [-0.05, 0) is 62.6 Å². The average molecular weight is 342 g/mol. The molecule has 2 aromatic carbocycles. The number of benzene rings is 2. The van der Waals surface area contributed by atoms with E-state index in [1.807, 2.05) is 38.1 Å². The van der Waals surface area contributed by atoms with Crippen LogP contribution in [0.15, 0.2) is 36.4 Å². The van der Waals surface area contributed by atoms with Gasteiger partial charge in [0.2, 0.25) is 0 Å². The number of nitrogens with one attached hydrogen (secondary N) is 2. The van der Waals surface area contributed by atoms with Gasteiger partial charge in [0.1, 0.15) is 18.1 Å². The van der Waals surface area contributed by atoms with Crippen LogP contribution in [0.25, 0.3) is 0 Å². The Kier molecular flexibility index (Phi) is 6.69. The van der Waals surface area contributed by atoms with E-state index in [2.05, 4.69) is 30.5 Å². The normalized spacial score (nSPS) is 10.2. The summed E-state index contributed by atoms with van der Waals surface area (Å²) in [7, 11) is 0. The summed E-state index contributed by atoms with van der Waals surface area (Å²) in [5.74, 6) is 1.51. The van der Waals surface area contributed by atoms with Gasteiger partial charge in [-0.25, -0.2) is 4.79 Å². The number of carbonyl (C=O) groups is 1. The average Bonchev–Trinajstić information content (AvgIpc) is 2.58. The van der Waals surface area contributed by atoms with Crippen LogP contribution in [-0.4, -0.2) is 25.8 Å². The zero-order chi connectivity index (χ0) is 18.2. The summed E-state index contributed by atoms with van der Waals surface area (Å²) in [5, 5.41) is 5.58. The molecule has 0 bridgehead atoms. The minimum Gasteiger partial charge on any atom is -0.492 e. The molecular formula is C20H26N2O3. The van der Waals surface area contributed by atoms with Crippen molar-refractivity contribution in [2.24, 2.45) is 0 Å². The zero-order valence-corrected chi connectivity index (χ0v) is 15.3. The molecule has 0 aromatic heterocycles. The van der Waals surface area contributed by atoms with Gasteiger partial charge in [0, 0.05) is 0 Å². The largest absolute Gasteiger partial charge is 0.492 e. The molecule has 5 heteroatoms. The lowest BCUT2D eigenvalue weighted by Crippen LogP contribution is -2.32. The van der Waals surface area contributed by atoms with Gasteiger partial charge in [0.25, 0.3) is 0 Å². The third-order valence-electron chi connectivity index (χ3n) is 3.87. The fraction of sp³-hybridized carbons (Fsp3) is 0.350. The number of hydrogen-bond acceptors (Lipinski definition) is 3. The molecule has 0 unspecified atom stereocenters. The topological polar surface area (TPSA) is 59.6 Å². The number of amides is 2. The van der Waals surface area contributed by atoms with Crippen molar-refractivity contribution in [2.45, 2.75) is 27.7 Å². The monoisotopic (exact) mass is 342 g/mol. The first-order valence-electron chi connectivity index (χ1n) is 8.48. The molecule has 0 saturated heterocycles. The first-order valence-corrected chi connectivity index (χ1v) is 8.48. The number of para-hydroxylation sites is 2. The van der Waals surface area contributed by atoms with E-state index in [9.17, 15) is 4.79 Å². The predicted octanol–water partition coefficient (Wildman–Crippen LogP) is 4.21. The molecule has 0 saturated carbocycles. The van der Waals surface area contributed by atoms with Crippen LogP contribution >= 0.6 is 0 Å². The molecule has 2 aromatic rings. The van der Waals surface area contributed by atoms with Crippen LogP contribution in [0.4, 0.5) is 10.5 Å². The van der Waals surface area contributed by atoms with Crippen LogP contribution in [0, 0.1) is 20.8 Å². The standard InChI is InChI=1S/C20H26N2O3/c1-5-24-18-9-7-6-8-17(18)22-20(23)21-10-11-25-19-13-15(3)14(2)12-16(19)4/h6-9,12-13H,5,10-11H2,1-4H3,(H2,21,22,23). The molecule has 5 nitrogen and oxygen atoms in total. The van der Waals surface area contributed by atoms with Gasteiger partial charge in [-0.15, -0.1) is 0 Å². The maximum absolute atomic E-state index is 12.0. The van der Waals surface area contributed by atoms with Gasteiger partial charge in [-0.3, -0.25) is 0 Å². The van der Waals surface area contributed by atoms with Crippen LogP contribution < -0.4 is 20.1 Å². The summed E-state index contributed by atoms with van der Waals surface area (Å²) < 4.78 is 11.3. The lowest BCUT2D eigenvalue weighted by atomic mass is 10.1. The van der Waals surface area contributed by atoms with Crippen molar-refractivity contribution in [3.05, 3.63) is 53.1 Å². The highest BCUT2D eigenvalue weighted by Gasteiger charge is 2.07. The Labute approximate surface area is 149 Å². The summed E-state index contributed by atoms with van der Waals surface area (Å²) in [6.45, 7) is 9.43. The summed E-state index contributed by atoms with van der Waals surface area (Å²) in [6.07, 6.45) is 0. The molecular weight excluding hydrogens is 316 g/mol. The number of rotatable bonds is 7. The summed E-state index contributed by atoms with van der Waals surface area (Å²) in [4.78, 5) is 12.0. The highest BCUT2D eigenvalue weighted by molar-refractivity contribution is 5.90. The highest BCUT2D eigenvalue weighted by Crippen LogP contribution is 2.23. The van der Waals surface area contributed by atoms with Crippen molar-refractivity contribution in [2.75, 3.05) is 25.1 Å². The quantitative estimate of drug-likeness (QED) is 0.741. The Hall–Kier alpha value is -2.69. The molecule has 0 spiro atoms. The number of carbonyl (C=O) groups excluding carboxylic acids is 1. The number of aryl methyl sites for hydroxylation is 3. The van der Waals surface area contributed by atoms with Gasteiger partial charge in [-0.1, -0.05) is 18.2 Å². The van der Waals surface area contributed by atoms with Crippen molar-refractivity contribution in [1.29, 1.82) is 0 Å². The van der Waals surface area contributed by atoms with E-state index >= 15 is 0 Å². The van der Waals surface area contributed by atoms with E-state index in [0.29, 0.717) is 31.2 Å². The summed E-state index contributed by atoms with van der Waals surface area (Å²) in [5.41, 5.74) is 4.18. The SMILES string of the molecule is CCOc1ccccc1NC(=O)NCCOc1cc(C)c(C)cc1C. The van der Waals surface area contributed by atoms with Crippen molar-refractivity contribution in [1.82, 2.24) is 5.32 Å². The molecule has 0 aliphatic heterocycles. The van der Waals surface area contributed by atoms with Crippen LogP contribution in [0.5, 0.6) is 11.5 Å². The van der Waals surface area contributed by atoms with Gasteiger partial charge < -0.3 is 20.1 Å². The molecule has 0 atom stereocenters. The first kappa shape index (κ1) is 18.6. The van der Waals surface area contributed by atoms with E-state index < -0.39 is 0 Å². The van der Waals surface area contributed by atoms with Gasteiger partial charge in [0.15, 0.2) is 0 Å². The van der Waals surface area contributed by atoms with Gasteiger partial charge in [0.05, 0.1) is 18.8 Å². The first-order chi connectivity index (χ1) is 12.0. The van der Waals surface area contributed by atoms with Crippen LogP contribution in [-0.2, 0) is 0 Å². The Bertz CT molecular complexity index is 729. The Balaban J connectivity index is 1.80. The van der Waals surface area contributed by atoms with Crippen molar-refractivity contribution in [3.63, 3.8) is 0 Å². The zero-order valence-electron chi connectivity index (χ0n) is 15.3. The molecule has 0 heterocycles. The maximum Gasteiger partial charge on any atom is 0.319 e. The second kappa shape index (κ2) is 8.97. The molecule has 134 valence electrons. The lowest BCUT2D eigenvalue weighted by Gasteiger charge is -2.14. The number of ether oxygens (including phenoxy) is 2. The molecule has 2 rings (SSSR count). The Morgan fingerprint density at radius 2 is 1.68 bits per heavy atom. The molecule has 0 aliphatic rings. The Morgan fingerprint density at radius 3 is 2.44 bits per heavy atom. The molecule has 0 fully saturated rings. The fourth-order valence-electron chi connectivity index (χ4n) is 2.43. The van der Waals surface area contributed by atoms with Crippen LogP contribution in [0.3, 0.4) is 0 Å². The smallest absolute Gasteiger partial charge is 0.319 e. The van der Waals surface area contributed by atoms with E-state index in [4.69, 9.17) is 9.47 Å². The second-order valence-electron chi connectivity index (χ2n) is 5.86. The van der Waals surface area contributed by atoms with Gasteiger partial charge in [-0.2, -0.15) is 0 Å². The third-order valence-corrected chi connectivity index (χ3v) is 3.87. The molecule has 2 amide bonds. The van der Waals surface area contributed by atoms with Crippen LogP contribution in [0.2, 0.25) is 0 Å². The second-order valence-corrected chi connectivity index (χ2v) is 5.86. The van der Waals surface area contributed by atoms with Crippen molar-refractivity contribution >= 4 is 11.7 Å². The fourth-order valence-corrected chi connectivity index (χ4v) is 2.43. The molecule has 2 N–H and O–H groups in total. The number of hydrogen-bond donors (Lipinski definition) is 2. The molecule has 0 aliphatic carbocycles. The third kappa shape index (κ3) is 5.41. The van der Waals surface area contributed by atoms with E-state index in [-0.39, 0.29) is 6.03 Å². The minimum absolute atomic E-state index is 0.285. The van der Waals surface area contributed by atoms with Crippen molar-refractivity contribution < 1.29 is 14.3 Å². The van der Waals surface area contributed by atoms with Crippen LogP contribution in [0.1, 0.15) is 23.6 Å². The Morgan fingerprint density at radius 1 is 0.960 bits per heavy atom. The molecule has 25 heavy (non-hydrogen) atoms. The minimum atomic E-state index is -0.285. The highest BCUT2D eigenvalue weighted by atomic mass is 16.5.